The number of imidazole rings is 1. The number of nitrogens with one attached hydrogen (secondary N) is 1. The van der Waals surface area contributed by atoms with Gasteiger partial charge in [-0.3, -0.25) is 4.79 Å². The van der Waals surface area contributed by atoms with Crippen LogP contribution >= 0.6 is 35.0 Å². The Labute approximate surface area is 153 Å². The minimum absolute atomic E-state index is 0.205. The molecule has 8 heteroatoms. The molecule has 0 radical (unpaired) electrons. The van der Waals surface area contributed by atoms with Crippen LogP contribution in [-0.2, 0) is 11.8 Å². The first-order valence-electron chi connectivity index (χ1n) is 7.15. The molecular weight excluding hydrogens is 367 g/mol. The highest BCUT2D eigenvalue weighted by molar-refractivity contribution is 8.00. The van der Waals surface area contributed by atoms with E-state index in [0.717, 1.165) is 16.2 Å². The summed E-state index contributed by atoms with van der Waals surface area (Å²) in [6, 6.07) is 9.38. The van der Waals surface area contributed by atoms with E-state index in [1.165, 1.54) is 24.0 Å². The van der Waals surface area contributed by atoms with Crippen LogP contribution in [0.15, 0.2) is 41.7 Å². The van der Waals surface area contributed by atoms with Gasteiger partial charge in [-0.05, 0) is 25.1 Å². The van der Waals surface area contributed by atoms with Crippen molar-refractivity contribution in [1.82, 2.24) is 14.5 Å². The summed E-state index contributed by atoms with van der Waals surface area (Å²) in [5, 5.41) is 3.84. The number of halogens is 2. The number of hydrogen-bond donors (Lipinski definition) is 1. The van der Waals surface area contributed by atoms with Crippen LogP contribution in [0.5, 0.6) is 0 Å². The molecule has 1 amide bonds. The molecule has 3 rings (SSSR count). The Kier molecular flexibility index (Phi) is 4.99. The molecule has 2 aromatic heterocycles. The third-order valence-electron chi connectivity index (χ3n) is 3.45. The lowest BCUT2D eigenvalue weighted by atomic mass is 10.3. The van der Waals surface area contributed by atoms with Gasteiger partial charge in [-0.1, -0.05) is 47.1 Å². The zero-order valence-electron chi connectivity index (χ0n) is 13.0. The van der Waals surface area contributed by atoms with Gasteiger partial charge in [0.2, 0.25) is 5.91 Å². The fourth-order valence-electron chi connectivity index (χ4n) is 2.17. The molecule has 1 N–H and O–H groups in total. The Morgan fingerprint density at radius 3 is 2.79 bits per heavy atom. The Hall–Kier alpha value is -1.76. The van der Waals surface area contributed by atoms with Gasteiger partial charge in [-0.15, -0.1) is 0 Å². The van der Waals surface area contributed by atoms with Gasteiger partial charge in [0.25, 0.3) is 0 Å². The number of aryl methyl sites for hydroxylation is 1. The number of carbonyl (C=O) groups is 1. The molecule has 5 nitrogen and oxygen atoms in total. The normalized spacial score (nSPS) is 12.3. The van der Waals surface area contributed by atoms with Crippen LogP contribution in [0.2, 0.25) is 10.0 Å². The summed E-state index contributed by atoms with van der Waals surface area (Å²) >= 11 is 13.2. The number of thioether (sulfide) groups is 1. The molecule has 124 valence electrons. The van der Waals surface area contributed by atoms with Crippen LogP contribution < -0.4 is 5.32 Å². The number of para-hydroxylation sites is 2. The summed E-state index contributed by atoms with van der Waals surface area (Å²) in [4.78, 5) is 21.0. The monoisotopic (exact) mass is 380 g/mol. The number of nitrogens with zero attached hydrogens (tertiary/aromatic N) is 3. The van der Waals surface area contributed by atoms with Gasteiger partial charge >= 0.3 is 0 Å². The first-order valence-corrected chi connectivity index (χ1v) is 8.79. The van der Waals surface area contributed by atoms with Crippen LogP contribution in [0.3, 0.4) is 0 Å². The van der Waals surface area contributed by atoms with Crippen molar-refractivity contribution in [3.05, 3.63) is 46.6 Å². The second kappa shape index (κ2) is 7.01. The van der Waals surface area contributed by atoms with E-state index in [4.69, 9.17) is 23.2 Å². The topological polar surface area (TPSA) is 59.8 Å². The maximum atomic E-state index is 12.4. The van der Waals surface area contributed by atoms with Crippen molar-refractivity contribution in [3.8, 4) is 0 Å². The molecule has 1 atom stereocenters. The average molecular weight is 381 g/mol. The van der Waals surface area contributed by atoms with Crippen molar-refractivity contribution >= 4 is 57.7 Å². The highest BCUT2D eigenvalue weighted by Gasteiger charge is 2.19. The first kappa shape index (κ1) is 17.1. The summed E-state index contributed by atoms with van der Waals surface area (Å²) in [5.41, 5.74) is 1.92. The average Bonchev–Trinajstić information content (AvgIpc) is 2.86. The Bertz CT molecular complexity index is 912. The number of rotatable bonds is 4. The molecule has 24 heavy (non-hydrogen) atoms. The van der Waals surface area contributed by atoms with Gasteiger partial charge in [0.05, 0.1) is 26.3 Å². The van der Waals surface area contributed by atoms with Crippen molar-refractivity contribution in [2.75, 3.05) is 5.32 Å². The summed E-state index contributed by atoms with van der Waals surface area (Å²) < 4.78 is 1.97. The lowest BCUT2D eigenvalue weighted by Gasteiger charge is -2.12. The van der Waals surface area contributed by atoms with E-state index in [9.17, 15) is 4.79 Å². The van der Waals surface area contributed by atoms with Crippen LogP contribution in [-0.4, -0.2) is 25.7 Å². The van der Waals surface area contributed by atoms with Crippen LogP contribution in [0, 0.1) is 0 Å². The lowest BCUT2D eigenvalue weighted by molar-refractivity contribution is -0.115. The number of aromatic nitrogens is 3. The smallest absolute Gasteiger partial charge is 0.238 e. The van der Waals surface area contributed by atoms with Crippen LogP contribution in [0.1, 0.15) is 6.92 Å². The maximum Gasteiger partial charge on any atom is 0.238 e. The van der Waals surface area contributed by atoms with Crippen molar-refractivity contribution < 1.29 is 4.79 Å². The third kappa shape index (κ3) is 3.50. The highest BCUT2D eigenvalue weighted by atomic mass is 35.5. The van der Waals surface area contributed by atoms with Gasteiger partial charge in [0.1, 0.15) is 0 Å². The summed E-state index contributed by atoms with van der Waals surface area (Å²) in [6.45, 7) is 1.81. The largest absolute Gasteiger partial charge is 0.322 e. The first-order chi connectivity index (χ1) is 11.5. The highest BCUT2D eigenvalue weighted by Crippen LogP contribution is 2.28. The predicted octanol–water partition coefficient (Wildman–Crippen LogP) is 4.39. The molecule has 0 fully saturated rings. The number of pyridine rings is 1. The number of hydrogen-bond acceptors (Lipinski definition) is 4. The molecule has 0 saturated carbocycles. The Balaban J connectivity index is 1.74. The number of fused-ring (bicyclic) bond motifs is 1. The molecule has 0 unspecified atom stereocenters. The number of benzene rings is 1. The molecule has 2 heterocycles. The van der Waals surface area contributed by atoms with Gasteiger partial charge < -0.3 is 9.88 Å². The minimum Gasteiger partial charge on any atom is -0.322 e. The van der Waals surface area contributed by atoms with Crippen molar-refractivity contribution in [2.24, 2.45) is 7.05 Å². The third-order valence-corrected chi connectivity index (χ3v) is 5.09. The molecular formula is C16H14Cl2N4OS. The summed E-state index contributed by atoms with van der Waals surface area (Å²) in [6.07, 6.45) is 1.44. The number of anilines is 1. The second-order valence-corrected chi connectivity index (χ2v) is 7.33. The molecule has 1 aromatic carbocycles. The standard InChI is InChI=1S/C16H14Cl2N4OS/c1-9(15(23)21-14-11(18)7-10(17)8-19-14)24-16-20-12-5-3-4-6-13(12)22(16)2/h3-9H,1-2H3,(H,19,21,23)/t9-/m0/s1. The Morgan fingerprint density at radius 2 is 2.08 bits per heavy atom. The van der Waals surface area contributed by atoms with Crippen LogP contribution in [0.25, 0.3) is 11.0 Å². The molecule has 0 bridgehead atoms. The van der Waals surface area contributed by atoms with E-state index in [0.29, 0.717) is 15.9 Å². The predicted molar refractivity (Wildman–Crippen MR) is 98.9 cm³/mol. The van der Waals surface area contributed by atoms with Gasteiger partial charge in [0.15, 0.2) is 11.0 Å². The van der Waals surface area contributed by atoms with Crippen molar-refractivity contribution in [1.29, 1.82) is 0 Å². The van der Waals surface area contributed by atoms with E-state index in [-0.39, 0.29) is 11.2 Å². The van der Waals surface area contributed by atoms with Gasteiger partial charge in [-0.25, -0.2) is 9.97 Å². The zero-order valence-corrected chi connectivity index (χ0v) is 15.3. The molecule has 0 aliphatic heterocycles. The quantitative estimate of drug-likeness (QED) is 0.681. The number of carbonyl (C=O) groups excluding carboxylic acids is 1. The molecule has 0 saturated heterocycles. The fraction of sp³-hybridized carbons (Fsp3) is 0.188. The lowest BCUT2D eigenvalue weighted by Crippen LogP contribution is -2.23. The van der Waals surface area contributed by atoms with E-state index in [1.807, 2.05) is 42.8 Å². The van der Waals surface area contributed by atoms with Crippen LogP contribution in [0.4, 0.5) is 5.82 Å². The minimum atomic E-state index is -0.367. The maximum absolute atomic E-state index is 12.4. The van der Waals surface area contributed by atoms with E-state index < -0.39 is 0 Å². The molecule has 0 spiro atoms. The van der Waals surface area contributed by atoms with E-state index in [1.54, 1.807) is 0 Å². The summed E-state index contributed by atoms with van der Waals surface area (Å²) in [7, 11) is 1.93. The fourth-order valence-corrected chi connectivity index (χ4v) is 3.48. The van der Waals surface area contributed by atoms with Crippen molar-refractivity contribution in [2.45, 2.75) is 17.3 Å². The second-order valence-electron chi connectivity index (χ2n) is 5.18. The molecule has 0 aliphatic rings. The number of amides is 1. The SMILES string of the molecule is C[C@H](Sc1nc2ccccc2n1C)C(=O)Nc1ncc(Cl)cc1Cl. The zero-order chi connectivity index (χ0) is 17.3. The van der Waals surface area contributed by atoms with Crippen molar-refractivity contribution in [3.63, 3.8) is 0 Å². The molecule has 0 aliphatic carbocycles. The van der Waals surface area contributed by atoms with E-state index in [2.05, 4.69) is 15.3 Å². The van der Waals surface area contributed by atoms with Gasteiger partial charge in [-0.2, -0.15) is 0 Å². The van der Waals surface area contributed by atoms with E-state index >= 15 is 0 Å². The Morgan fingerprint density at radius 1 is 1.33 bits per heavy atom. The summed E-state index contributed by atoms with van der Waals surface area (Å²) in [5.74, 6) is 0.0901. The molecule has 3 aromatic rings. The van der Waals surface area contributed by atoms with Gasteiger partial charge in [0, 0.05) is 13.2 Å².